The lowest BCUT2D eigenvalue weighted by Crippen LogP contribution is -2.59. The lowest BCUT2D eigenvalue weighted by Gasteiger charge is -2.45. The molecule has 0 unspecified atom stereocenters. The van der Waals surface area contributed by atoms with Crippen LogP contribution in [0.3, 0.4) is 0 Å². The Morgan fingerprint density at radius 1 is 1.40 bits per heavy atom. The number of aliphatic hydroxyl groups is 2. The monoisotopic (exact) mass is 433 g/mol. The summed E-state index contributed by atoms with van der Waals surface area (Å²) in [5.74, 6) is 5.90. The summed E-state index contributed by atoms with van der Waals surface area (Å²) in [4.78, 5) is 14.2. The minimum Gasteiger partial charge on any atom is -0.497 e. The van der Waals surface area contributed by atoms with Gasteiger partial charge >= 0.3 is 0 Å². The molecule has 0 aromatic heterocycles. The Labute approximate surface area is 182 Å². The van der Waals surface area contributed by atoms with Gasteiger partial charge in [0, 0.05) is 24.6 Å². The Bertz CT molecular complexity index is 789. The van der Waals surface area contributed by atoms with Crippen LogP contribution in [-0.4, -0.2) is 57.3 Å². The van der Waals surface area contributed by atoms with E-state index in [-0.39, 0.29) is 23.7 Å². The average Bonchev–Trinajstić information content (AvgIpc) is 3.08. The number of rotatable bonds is 7. The number of nitrogens with zero attached hydrogens (tertiary/aromatic N) is 1. The SMILES string of the molecule is CC#C[C@@H](C)CC[C@@H]1C[C@H](O)C[C@](O)([C@@H]2CSC(=O)N2Cc2ccc(OC)cc2)O1. The van der Waals surface area contributed by atoms with Crippen LogP contribution in [0.2, 0.25) is 0 Å². The van der Waals surface area contributed by atoms with Crippen molar-refractivity contribution in [1.29, 1.82) is 0 Å². The number of carbonyl (C=O) groups is 1. The summed E-state index contributed by atoms with van der Waals surface area (Å²) in [6.45, 7) is 4.25. The summed E-state index contributed by atoms with van der Waals surface area (Å²) in [6.07, 6.45) is 1.21. The van der Waals surface area contributed by atoms with Gasteiger partial charge in [0.15, 0.2) is 5.79 Å². The van der Waals surface area contributed by atoms with E-state index < -0.39 is 17.9 Å². The fraction of sp³-hybridized carbons (Fsp3) is 0.609. The molecule has 0 aliphatic carbocycles. The number of hydrogen-bond donors (Lipinski definition) is 2. The highest BCUT2D eigenvalue weighted by Gasteiger charge is 2.51. The minimum atomic E-state index is -1.56. The minimum absolute atomic E-state index is 0.0868. The summed E-state index contributed by atoms with van der Waals surface area (Å²) in [7, 11) is 1.61. The standard InChI is InChI=1S/C23H31NO5S/c1-4-5-16(2)6-9-20-12-18(25)13-23(27,29-20)21-15-30-22(26)24(21)14-17-7-10-19(28-3)11-8-17/h7-8,10-11,16,18,20-21,25,27H,6,9,12-15H2,1-3H3/t16-,18+,20-,21+,23-/m1/s1. The third-order valence-corrected chi connectivity index (χ3v) is 6.72. The van der Waals surface area contributed by atoms with Gasteiger partial charge in [0.05, 0.1) is 25.4 Å². The average molecular weight is 434 g/mol. The van der Waals surface area contributed by atoms with Crippen molar-refractivity contribution in [3.8, 4) is 17.6 Å². The van der Waals surface area contributed by atoms with E-state index in [1.54, 1.807) is 12.0 Å². The third kappa shape index (κ3) is 5.50. The molecule has 2 aliphatic heterocycles. The molecule has 6 nitrogen and oxygen atoms in total. The van der Waals surface area contributed by atoms with Gasteiger partial charge in [0.2, 0.25) is 0 Å². The van der Waals surface area contributed by atoms with Crippen molar-refractivity contribution in [1.82, 2.24) is 4.90 Å². The number of methoxy groups -OCH3 is 1. The summed E-state index contributed by atoms with van der Waals surface area (Å²) >= 11 is 1.18. The van der Waals surface area contributed by atoms with Crippen molar-refractivity contribution in [3.63, 3.8) is 0 Å². The summed E-state index contributed by atoms with van der Waals surface area (Å²) in [5.41, 5.74) is 0.945. The van der Waals surface area contributed by atoms with E-state index in [1.807, 2.05) is 31.2 Å². The number of amides is 1. The van der Waals surface area contributed by atoms with E-state index in [0.29, 0.717) is 25.1 Å². The van der Waals surface area contributed by atoms with Crippen LogP contribution in [0.5, 0.6) is 5.75 Å². The number of aliphatic hydroxyl groups excluding tert-OH is 1. The number of thioether (sulfide) groups is 1. The Morgan fingerprint density at radius 3 is 2.80 bits per heavy atom. The second-order valence-electron chi connectivity index (χ2n) is 8.12. The van der Waals surface area contributed by atoms with Crippen LogP contribution in [0.1, 0.15) is 45.1 Å². The van der Waals surface area contributed by atoms with E-state index >= 15 is 0 Å². The molecule has 1 aromatic rings. The molecule has 7 heteroatoms. The zero-order valence-electron chi connectivity index (χ0n) is 17.8. The zero-order valence-corrected chi connectivity index (χ0v) is 18.7. The van der Waals surface area contributed by atoms with E-state index in [0.717, 1.165) is 17.7 Å². The van der Waals surface area contributed by atoms with Gasteiger partial charge in [-0.15, -0.1) is 11.8 Å². The number of benzene rings is 1. The largest absolute Gasteiger partial charge is 0.497 e. The molecule has 2 saturated heterocycles. The van der Waals surface area contributed by atoms with Crippen LogP contribution in [0.4, 0.5) is 4.79 Å². The molecule has 3 rings (SSSR count). The first kappa shape index (κ1) is 23.0. The molecule has 5 atom stereocenters. The Hall–Kier alpha value is -1.72. The molecule has 2 aliphatic rings. The zero-order chi connectivity index (χ0) is 21.7. The van der Waals surface area contributed by atoms with Crippen molar-refractivity contribution in [2.24, 2.45) is 5.92 Å². The van der Waals surface area contributed by atoms with E-state index in [4.69, 9.17) is 9.47 Å². The van der Waals surface area contributed by atoms with Gasteiger partial charge in [0.1, 0.15) is 5.75 Å². The maximum atomic E-state index is 12.6. The molecule has 2 fully saturated rings. The van der Waals surface area contributed by atoms with Crippen molar-refractivity contribution in [2.45, 2.75) is 70.1 Å². The highest BCUT2D eigenvalue weighted by Crippen LogP contribution is 2.40. The van der Waals surface area contributed by atoms with E-state index in [2.05, 4.69) is 18.8 Å². The predicted octanol–water partition coefficient (Wildman–Crippen LogP) is 3.40. The molecule has 0 radical (unpaired) electrons. The van der Waals surface area contributed by atoms with Crippen LogP contribution >= 0.6 is 11.8 Å². The molecule has 0 spiro atoms. The van der Waals surface area contributed by atoms with Gasteiger partial charge in [-0.3, -0.25) is 4.79 Å². The highest BCUT2D eigenvalue weighted by molar-refractivity contribution is 8.13. The normalized spacial score (nSPS) is 30.0. The van der Waals surface area contributed by atoms with Crippen LogP contribution in [-0.2, 0) is 11.3 Å². The molecule has 0 bridgehead atoms. The van der Waals surface area contributed by atoms with E-state index in [1.165, 1.54) is 11.8 Å². The highest BCUT2D eigenvalue weighted by atomic mass is 32.2. The lowest BCUT2D eigenvalue weighted by molar-refractivity contribution is -0.292. The Kier molecular flexibility index (Phi) is 7.70. The summed E-state index contributed by atoms with van der Waals surface area (Å²) in [5, 5.41) is 21.8. The van der Waals surface area contributed by atoms with Gasteiger partial charge in [0.25, 0.3) is 5.24 Å². The molecule has 30 heavy (non-hydrogen) atoms. The maximum Gasteiger partial charge on any atom is 0.282 e. The van der Waals surface area contributed by atoms with Crippen molar-refractivity contribution in [3.05, 3.63) is 29.8 Å². The molecule has 164 valence electrons. The first-order chi connectivity index (χ1) is 14.3. The lowest BCUT2D eigenvalue weighted by atomic mass is 9.90. The molecule has 0 saturated carbocycles. The first-order valence-corrected chi connectivity index (χ1v) is 11.4. The van der Waals surface area contributed by atoms with Gasteiger partial charge in [-0.2, -0.15) is 0 Å². The van der Waals surface area contributed by atoms with Crippen molar-refractivity contribution >= 4 is 17.0 Å². The Balaban J connectivity index is 1.71. The molecule has 2 heterocycles. The molecule has 1 amide bonds. The van der Waals surface area contributed by atoms with Crippen LogP contribution < -0.4 is 4.74 Å². The second-order valence-corrected chi connectivity index (χ2v) is 9.09. The van der Waals surface area contributed by atoms with Gasteiger partial charge in [-0.25, -0.2) is 0 Å². The molecular weight excluding hydrogens is 402 g/mol. The number of ether oxygens (including phenoxy) is 2. The van der Waals surface area contributed by atoms with Crippen LogP contribution in [0.15, 0.2) is 24.3 Å². The molecule has 2 N–H and O–H groups in total. The maximum absolute atomic E-state index is 12.6. The number of hydrogen-bond acceptors (Lipinski definition) is 6. The fourth-order valence-corrected chi connectivity index (χ4v) is 5.28. The third-order valence-electron chi connectivity index (χ3n) is 5.75. The fourth-order valence-electron chi connectivity index (χ4n) is 4.18. The van der Waals surface area contributed by atoms with Gasteiger partial charge in [-0.1, -0.05) is 30.8 Å². The smallest absolute Gasteiger partial charge is 0.282 e. The number of carbonyl (C=O) groups excluding carboxylic acids is 1. The first-order valence-electron chi connectivity index (χ1n) is 10.4. The van der Waals surface area contributed by atoms with Gasteiger partial charge in [-0.05, 0) is 43.9 Å². The summed E-state index contributed by atoms with van der Waals surface area (Å²) in [6, 6.07) is 7.01. The summed E-state index contributed by atoms with van der Waals surface area (Å²) < 4.78 is 11.3. The van der Waals surface area contributed by atoms with Crippen molar-refractivity contribution < 1.29 is 24.5 Å². The second kappa shape index (κ2) is 10.1. The molecule has 1 aromatic carbocycles. The van der Waals surface area contributed by atoms with E-state index in [9.17, 15) is 15.0 Å². The predicted molar refractivity (Wildman–Crippen MR) is 117 cm³/mol. The topological polar surface area (TPSA) is 79.2 Å². The quantitative estimate of drug-likeness (QED) is 0.642. The van der Waals surface area contributed by atoms with Crippen LogP contribution in [0.25, 0.3) is 0 Å². The van der Waals surface area contributed by atoms with Gasteiger partial charge < -0.3 is 24.6 Å². The van der Waals surface area contributed by atoms with Crippen molar-refractivity contribution in [2.75, 3.05) is 12.9 Å². The Morgan fingerprint density at radius 2 is 2.13 bits per heavy atom. The van der Waals surface area contributed by atoms with Crippen LogP contribution in [0, 0.1) is 17.8 Å². The molecular formula is C23H31NO5S.